The summed E-state index contributed by atoms with van der Waals surface area (Å²) in [7, 11) is 0. The van der Waals surface area contributed by atoms with E-state index in [1.165, 1.54) is 16.4 Å². The van der Waals surface area contributed by atoms with Crippen LogP contribution in [0.15, 0.2) is 30.3 Å². The van der Waals surface area contributed by atoms with Crippen LogP contribution in [-0.4, -0.2) is 14.3 Å². The second-order valence-corrected chi connectivity index (χ2v) is 9.99. The molecule has 13 heavy (non-hydrogen) atoms. The van der Waals surface area contributed by atoms with E-state index in [4.69, 9.17) is 0 Å². The molecular formula is C12H19I. The van der Waals surface area contributed by atoms with Gasteiger partial charge in [-0.3, -0.25) is 0 Å². The Hall–Kier alpha value is -0.0500. The van der Waals surface area contributed by atoms with Gasteiger partial charge in [0.05, 0.1) is 0 Å². The molecule has 1 heteroatoms. The molecule has 0 aliphatic carbocycles. The second-order valence-electron chi connectivity index (χ2n) is 3.70. The van der Waals surface area contributed by atoms with Gasteiger partial charge in [-0.1, -0.05) is 0 Å². The topological polar surface area (TPSA) is 0 Å². The minimum atomic E-state index is -0.501. The molecule has 0 saturated heterocycles. The molecule has 0 radical (unpaired) electrons. The Bertz CT molecular complexity index is 228. The zero-order valence-corrected chi connectivity index (χ0v) is 10.9. The Kier molecular flexibility index (Phi) is 4.78. The number of halogens is 1. The van der Waals surface area contributed by atoms with Crippen LogP contribution in [-0.2, 0) is 0 Å². The molecule has 0 spiro atoms. The molecule has 0 bridgehead atoms. The molecule has 0 amide bonds. The van der Waals surface area contributed by atoms with E-state index in [-0.39, 0.29) is 0 Å². The first-order valence-corrected chi connectivity index (χ1v) is 10.5. The van der Waals surface area contributed by atoms with E-state index in [1.807, 2.05) is 0 Å². The van der Waals surface area contributed by atoms with E-state index < -0.39 is 19.8 Å². The van der Waals surface area contributed by atoms with E-state index >= 15 is 0 Å². The van der Waals surface area contributed by atoms with Gasteiger partial charge < -0.3 is 0 Å². The summed E-state index contributed by atoms with van der Waals surface area (Å²) >= 11 is -0.501. The summed E-state index contributed by atoms with van der Waals surface area (Å²) in [5.74, 6) is 0.751. The Morgan fingerprint density at radius 2 is 1.77 bits per heavy atom. The summed E-state index contributed by atoms with van der Waals surface area (Å²) in [4.78, 5) is 4.89. The first kappa shape index (κ1) is 11.0. The van der Waals surface area contributed by atoms with Gasteiger partial charge in [0.25, 0.3) is 0 Å². The Morgan fingerprint density at radius 3 is 2.31 bits per heavy atom. The van der Waals surface area contributed by atoms with Gasteiger partial charge in [0.15, 0.2) is 0 Å². The monoisotopic (exact) mass is 290 g/mol. The van der Waals surface area contributed by atoms with Crippen LogP contribution >= 0.6 is 19.8 Å². The van der Waals surface area contributed by atoms with Crippen molar-refractivity contribution >= 4 is 19.8 Å². The van der Waals surface area contributed by atoms with Gasteiger partial charge >= 0.3 is 89.3 Å². The van der Waals surface area contributed by atoms with Crippen molar-refractivity contribution < 1.29 is 0 Å². The van der Waals surface area contributed by atoms with Crippen molar-refractivity contribution in [1.29, 1.82) is 0 Å². The van der Waals surface area contributed by atoms with Crippen LogP contribution < -0.4 is 0 Å². The van der Waals surface area contributed by atoms with Crippen LogP contribution in [0.25, 0.3) is 0 Å². The van der Waals surface area contributed by atoms with Gasteiger partial charge in [0.1, 0.15) is 0 Å². The van der Waals surface area contributed by atoms with Gasteiger partial charge in [-0.25, -0.2) is 0 Å². The van der Waals surface area contributed by atoms with E-state index in [1.54, 1.807) is 0 Å². The number of benzene rings is 1. The molecule has 0 nitrogen and oxygen atoms in total. The molecule has 0 aromatic heterocycles. The van der Waals surface area contributed by atoms with Gasteiger partial charge in [-0.05, 0) is 0 Å². The van der Waals surface area contributed by atoms with E-state index in [9.17, 15) is 0 Å². The summed E-state index contributed by atoms with van der Waals surface area (Å²) in [5, 5.41) is 0. The molecule has 0 aliphatic heterocycles. The molecule has 0 heterocycles. The van der Waals surface area contributed by atoms with E-state index in [0.717, 1.165) is 5.92 Å². The second kappa shape index (κ2) is 5.63. The molecule has 0 aliphatic rings. The predicted octanol–water partition coefficient (Wildman–Crippen LogP) is 3.95. The summed E-state index contributed by atoms with van der Waals surface area (Å²) in [6.07, 6.45) is 1.38. The van der Waals surface area contributed by atoms with Crippen LogP contribution in [0.2, 0.25) is 0 Å². The van der Waals surface area contributed by atoms with Crippen LogP contribution in [0, 0.1) is 0 Å². The average Bonchev–Trinajstić information content (AvgIpc) is 2.15. The normalized spacial score (nSPS) is 13.9. The fraction of sp³-hybridized carbons (Fsp3) is 0.500. The summed E-state index contributed by atoms with van der Waals surface area (Å²) < 4.78 is 1.49. The third kappa shape index (κ3) is 4.12. The molecule has 0 N–H and O–H groups in total. The van der Waals surface area contributed by atoms with Crippen molar-refractivity contribution in [2.75, 3.05) is 14.3 Å². The maximum absolute atomic E-state index is 2.45. The third-order valence-electron chi connectivity index (χ3n) is 2.29. The van der Waals surface area contributed by atoms with Crippen LogP contribution in [0.4, 0.5) is 0 Å². The summed E-state index contributed by atoms with van der Waals surface area (Å²) in [5.41, 5.74) is 1.50. The molecule has 1 atom stereocenters. The van der Waals surface area contributed by atoms with Gasteiger partial charge in [-0.2, -0.15) is 0 Å². The zero-order chi connectivity index (χ0) is 9.68. The Morgan fingerprint density at radius 1 is 1.15 bits per heavy atom. The quantitative estimate of drug-likeness (QED) is 0.582. The van der Waals surface area contributed by atoms with Crippen molar-refractivity contribution in [2.24, 2.45) is 0 Å². The Labute approximate surface area is 89.1 Å². The minimum absolute atomic E-state index is 0.501. The Balaban J connectivity index is 2.44. The van der Waals surface area contributed by atoms with Gasteiger partial charge in [0, 0.05) is 0 Å². The SMILES string of the molecule is CC(CCI(C)C)c1ccccc1. The molecule has 1 aromatic rings. The number of alkyl halides is 3. The van der Waals surface area contributed by atoms with Crippen molar-refractivity contribution in [3.05, 3.63) is 35.9 Å². The van der Waals surface area contributed by atoms with Crippen molar-refractivity contribution in [1.82, 2.24) is 0 Å². The maximum atomic E-state index is 2.45. The standard InChI is InChI=1S/C12H19I/c1-11(9-10-13(2)3)12-7-5-4-6-8-12/h4-8,11H,9-10H2,1-3H3. The number of hydrogen-bond acceptors (Lipinski definition) is 0. The van der Waals surface area contributed by atoms with Crippen LogP contribution in [0.3, 0.4) is 0 Å². The average molecular weight is 290 g/mol. The number of hydrogen-bond donors (Lipinski definition) is 0. The summed E-state index contributed by atoms with van der Waals surface area (Å²) in [6.45, 7) is 2.34. The fourth-order valence-corrected chi connectivity index (χ4v) is 3.51. The molecular weight excluding hydrogens is 271 g/mol. The van der Waals surface area contributed by atoms with E-state index in [0.29, 0.717) is 0 Å². The first-order chi connectivity index (χ1) is 6.20. The summed E-state index contributed by atoms with van der Waals surface area (Å²) in [6, 6.07) is 10.9. The molecule has 0 saturated carbocycles. The third-order valence-corrected chi connectivity index (χ3v) is 5.07. The first-order valence-electron chi connectivity index (χ1n) is 4.71. The van der Waals surface area contributed by atoms with Crippen molar-refractivity contribution in [3.63, 3.8) is 0 Å². The van der Waals surface area contributed by atoms with Crippen molar-refractivity contribution in [3.8, 4) is 0 Å². The molecule has 0 fully saturated rings. The number of rotatable bonds is 4. The van der Waals surface area contributed by atoms with Crippen molar-refractivity contribution in [2.45, 2.75) is 19.3 Å². The van der Waals surface area contributed by atoms with Crippen LogP contribution in [0.1, 0.15) is 24.8 Å². The van der Waals surface area contributed by atoms with Crippen LogP contribution in [0.5, 0.6) is 0 Å². The molecule has 1 rings (SSSR count). The zero-order valence-electron chi connectivity index (χ0n) is 8.76. The van der Waals surface area contributed by atoms with Gasteiger partial charge in [-0.15, -0.1) is 0 Å². The van der Waals surface area contributed by atoms with Gasteiger partial charge in [0.2, 0.25) is 0 Å². The molecule has 1 unspecified atom stereocenters. The molecule has 74 valence electrons. The molecule has 1 aromatic carbocycles. The predicted molar refractivity (Wildman–Crippen MR) is 70.2 cm³/mol. The van der Waals surface area contributed by atoms with E-state index in [2.05, 4.69) is 47.1 Å². The fourth-order valence-electron chi connectivity index (χ4n) is 1.33.